The van der Waals surface area contributed by atoms with Crippen LogP contribution in [-0.2, 0) is 4.79 Å². The van der Waals surface area contributed by atoms with Gasteiger partial charge in [0, 0.05) is 23.6 Å². The van der Waals surface area contributed by atoms with Gasteiger partial charge in [-0.15, -0.1) is 11.8 Å². The summed E-state index contributed by atoms with van der Waals surface area (Å²) in [4.78, 5) is 22.4. The maximum absolute atomic E-state index is 11.5. The normalized spacial score (nSPS) is 11.9. The van der Waals surface area contributed by atoms with Gasteiger partial charge in [0.2, 0.25) is 5.91 Å². The molecule has 0 aliphatic carbocycles. The van der Waals surface area contributed by atoms with Crippen molar-refractivity contribution in [3.8, 4) is 0 Å². The number of non-ortho nitro benzene ring substituents is 1. The maximum atomic E-state index is 11.5. The van der Waals surface area contributed by atoms with Crippen molar-refractivity contribution < 1.29 is 14.8 Å². The van der Waals surface area contributed by atoms with Crippen LogP contribution in [0.1, 0.15) is 19.8 Å². The third-order valence-corrected chi connectivity index (χ3v) is 3.70. The van der Waals surface area contributed by atoms with Crippen LogP contribution in [0.15, 0.2) is 29.2 Å². The first-order valence-corrected chi connectivity index (χ1v) is 7.33. The standard InChI is InChI=1S/C13H18N2O4S/c1-2-11(16)7-8-14-13(17)9-20-12-5-3-10(4-6-12)15(18)19/h3-6,11,16H,2,7-9H2,1H3,(H,14,17). The minimum Gasteiger partial charge on any atom is -0.393 e. The van der Waals surface area contributed by atoms with Crippen LogP contribution in [0.3, 0.4) is 0 Å². The van der Waals surface area contributed by atoms with Crippen LogP contribution in [0, 0.1) is 10.1 Å². The molecule has 1 atom stereocenters. The molecule has 0 spiro atoms. The van der Waals surface area contributed by atoms with Crippen LogP contribution < -0.4 is 5.32 Å². The molecular formula is C13H18N2O4S. The molecule has 1 aromatic rings. The van der Waals surface area contributed by atoms with Gasteiger partial charge >= 0.3 is 0 Å². The van der Waals surface area contributed by atoms with E-state index in [0.717, 1.165) is 4.90 Å². The molecule has 1 rings (SSSR count). The molecule has 6 nitrogen and oxygen atoms in total. The first-order chi connectivity index (χ1) is 9.52. The predicted octanol–water partition coefficient (Wildman–Crippen LogP) is 1.96. The quantitative estimate of drug-likeness (QED) is 0.435. The highest BCUT2D eigenvalue weighted by Crippen LogP contribution is 2.20. The molecule has 2 N–H and O–H groups in total. The van der Waals surface area contributed by atoms with Gasteiger partial charge in [-0.05, 0) is 25.0 Å². The molecule has 0 fully saturated rings. The third-order valence-electron chi connectivity index (χ3n) is 2.69. The first-order valence-electron chi connectivity index (χ1n) is 6.35. The number of aliphatic hydroxyl groups excluding tert-OH is 1. The van der Waals surface area contributed by atoms with E-state index in [1.807, 2.05) is 6.92 Å². The van der Waals surface area contributed by atoms with Crippen LogP contribution in [0.4, 0.5) is 5.69 Å². The Morgan fingerprint density at radius 1 is 1.45 bits per heavy atom. The Morgan fingerprint density at radius 3 is 2.65 bits per heavy atom. The Kier molecular flexibility index (Phi) is 7.03. The van der Waals surface area contributed by atoms with Crippen molar-refractivity contribution in [1.82, 2.24) is 5.32 Å². The highest BCUT2D eigenvalue weighted by Gasteiger charge is 2.07. The molecule has 1 unspecified atom stereocenters. The summed E-state index contributed by atoms with van der Waals surface area (Å²) in [6.07, 6.45) is 0.843. The summed E-state index contributed by atoms with van der Waals surface area (Å²) in [5.41, 5.74) is 0.0346. The molecule has 1 aromatic carbocycles. The zero-order chi connectivity index (χ0) is 15.0. The van der Waals surface area contributed by atoms with Gasteiger partial charge in [0.1, 0.15) is 0 Å². The number of nitro benzene ring substituents is 1. The SMILES string of the molecule is CCC(O)CCNC(=O)CSc1ccc([N+](=O)[O-])cc1. The Labute approximate surface area is 121 Å². The second-order valence-electron chi connectivity index (χ2n) is 4.24. The van der Waals surface area contributed by atoms with Crippen LogP contribution in [0.25, 0.3) is 0 Å². The molecule has 0 aliphatic rings. The van der Waals surface area contributed by atoms with Gasteiger partial charge in [-0.2, -0.15) is 0 Å². The molecule has 1 amide bonds. The Bertz CT molecular complexity index is 450. The predicted molar refractivity (Wildman–Crippen MR) is 77.7 cm³/mol. The molecule has 20 heavy (non-hydrogen) atoms. The lowest BCUT2D eigenvalue weighted by Crippen LogP contribution is -2.28. The number of rotatable bonds is 8. The van der Waals surface area contributed by atoms with Crippen molar-refractivity contribution in [3.05, 3.63) is 34.4 Å². The van der Waals surface area contributed by atoms with Crippen LogP contribution >= 0.6 is 11.8 Å². The van der Waals surface area contributed by atoms with Crippen molar-refractivity contribution in [1.29, 1.82) is 0 Å². The van der Waals surface area contributed by atoms with E-state index in [2.05, 4.69) is 5.32 Å². The topological polar surface area (TPSA) is 92.5 Å². The molecule has 0 aliphatic heterocycles. The number of thioether (sulfide) groups is 1. The minimum absolute atomic E-state index is 0.0346. The number of hydrogen-bond acceptors (Lipinski definition) is 5. The fourth-order valence-corrected chi connectivity index (χ4v) is 2.17. The van der Waals surface area contributed by atoms with E-state index < -0.39 is 4.92 Å². The number of nitrogens with one attached hydrogen (secondary N) is 1. The highest BCUT2D eigenvalue weighted by atomic mass is 32.2. The van der Waals surface area contributed by atoms with Gasteiger partial charge in [-0.25, -0.2) is 0 Å². The lowest BCUT2D eigenvalue weighted by atomic mass is 10.2. The zero-order valence-electron chi connectivity index (χ0n) is 11.2. The Balaban J connectivity index is 2.28. The lowest BCUT2D eigenvalue weighted by molar-refractivity contribution is -0.384. The second-order valence-corrected chi connectivity index (χ2v) is 5.29. The molecular weight excluding hydrogens is 280 g/mol. The van der Waals surface area contributed by atoms with Crippen molar-refractivity contribution >= 4 is 23.4 Å². The summed E-state index contributed by atoms with van der Waals surface area (Å²) >= 11 is 1.32. The average Bonchev–Trinajstić information content (AvgIpc) is 2.45. The first kappa shape index (κ1) is 16.5. The maximum Gasteiger partial charge on any atom is 0.269 e. The van der Waals surface area contributed by atoms with E-state index in [-0.39, 0.29) is 23.5 Å². The monoisotopic (exact) mass is 298 g/mol. The summed E-state index contributed by atoms with van der Waals surface area (Å²) in [5.74, 6) is 0.136. The summed E-state index contributed by atoms with van der Waals surface area (Å²) in [6, 6.07) is 6.07. The number of carbonyl (C=O) groups excluding carboxylic acids is 1. The van der Waals surface area contributed by atoms with Crippen LogP contribution in [0.2, 0.25) is 0 Å². The summed E-state index contributed by atoms with van der Waals surface area (Å²) < 4.78 is 0. The van der Waals surface area contributed by atoms with E-state index in [0.29, 0.717) is 19.4 Å². The molecule has 7 heteroatoms. The number of nitro groups is 1. The average molecular weight is 298 g/mol. The minimum atomic E-state index is -0.458. The van der Waals surface area contributed by atoms with Gasteiger partial charge in [0.25, 0.3) is 5.69 Å². The van der Waals surface area contributed by atoms with Crippen molar-refractivity contribution in [2.75, 3.05) is 12.3 Å². The van der Waals surface area contributed by atoms with Gasteiger partial charge in [-0.3, -0.25) is 14.9 Å². The summed E-state index contributed by atoms with van der Waals surface area (Å²) in [5, 5.41) is 22.5. The van der Waals surface area contributed by atoms with E-state index in [1.165, 1.54) is 23.9 Å². The number of nitrogens with zero attached hydrogens (tertiary/aromatic N) is 1. The van der Waals surface area contributed by atoms with Gasteiger partial charge in [0.15, 0.2) is 0 Å². The molecule has 0 radical (unpaired) electrons. The molecule has 0 bridgehead atoms. The fraction of sp³-hybridized carbons (Fsp3) is 0.462. The van der Waals surface area contributed by atoms with E-state index >= 15 is 0 Å². The third kappa shape index (κ3) is 6.03. The van der Waals surface area contributed by atoms with E-state index in [4.69, 9.17) is 0 Å². The van der Waals surface area contributed by atoms with Crippen molar-refractivity contribution in [3.63, 3.8) is 0 Å². The fourth-order valence-electron chi connectivity index (χ4n) is 1.45. The number of aliphatic hydroxyl groups is 1. The summed E-state index contributed by atoms with van der Waals surface area (Å²) in [7, 11) is 0. The number of benzene rings is 1. The van der Waals surface area contributed by atoms with E-state index in [9.17, 15) is 20.0 Å². The highest BCUT2D eigenvalue weighted by molar-refractivity contribution is 8.00. The molecule has 0 aromatic heterocycles. The summed E-state index contributed by atoms with van der Waals surface area (Å²) in [6.45, 7) is 2.34. The number of amides is 1. The van der Waals surface area contributed by atoms with Crippen LogP contribution in [0.5, 0.6) is 0 Å². The lowest BCUT2D eigenvalue weighted by Gasteiger charge is -2.08. The van der Waals surface area contributed by atoms with Crippen LogP contribution in [-0.4, -0.2) is 34.3 Å². The molecule has 0 saturated carbocycles. The van der Waals surface area contributed by atoms with Gasteiger partial charge in [-0.1, -0.05) is 6.92 Å². The molecule has 110 valence electrons. The van der Waals surface area contributed by atoms with Gasteiger partial charge in [0.05, 0.1) is 16.8 Å². The Hall–Kier alpha value is -1.60. The van der Waals surface area contributed by atoms with Gasteiger partial charge < -0.3 is 10.4 Å². The molecule has 0 saturated heterocycles. The Morgan fingerprint density at radius 2 is 2.10 bits per heavy atom. The number of hydrogen-bond donors (Lipinski definition) is 2. The van der Waals surface area contributed by atoms with Crippen molar-refractivity contribution in [2.45, 2.75) is 30.8 Å². The zero-order valence-corrected chi connectivity index (χ0v) is 12.1. The van der Waals surface area contributed by atoms with E-state index in [1.54, 1.807) is 12.1 Å². The molecule has 0 heterocycles. The number of carbonyl (C=O) groups is 1. The van der Waals surface area contributed by atoms with Crippen molar-refractivity contribution in [2.24, 2.45) is 0 Å². The largest absolute Gasteiger partial charge is 0.393 e. The smallest absolute Gasteiger partial charge is 0.269 e. The second kappa shape index (κ2) is 8.55.